The molecule has 1 heterocycles. The maximum absolute atomic E-state index is 12.2. The van der Waals surface area contributed by atoms with Gasteiger partial charge in [0.25, 0.3) is 5.91 Å². The highest BCUT2D eigenvalue weighted by Crippen LogP contribution is 2.14. The molecule has 0 spiro atoms. The van der Waals surface area contributed by atoms with Crippen LogP contribution in [0.15, 0.2) is 40.9 Å². The Balaban J connectivity index is 2.06. The maximum Gasteiger partial charge on any atom is 0.251 e. The van der Waals surface area contributed by atoms with Gasteiger partial charge in [0.1, 0.15) is 5.15 Å². The number of halogens is 2. The van der Waals surface area contributed by atoms with Gasteiger partial charge in [0.05, 0.1) is 0 Å². The summed E-state index contributed by atoms with van der Waals surface area (Å²) >= 11 is 9.38. The van der Waals surface area contributed by atoms with Crippen LogP contribution in [0.3, 0.4) is 0 Å². The van der Waals surface area contributed by atoms with Crippen LogP contribution in [-0.4, -0.2) is 10.9 Å². The van der Waals surface area contributed by atoms with E-state index in [2.05, 4.69) is 33.2 Å². The molecule has 0 bridgehead atoms. The third kappa shape index (κ3) is 4.83. The van der Waals surface area contributed by atoms with Gasteiger partial charge in [0.2, 0.25) is 0 Å². The number of carbonyl (C=O) groups is 1. The highest BCUT2D eigenvalue weighted by molar-refractivity contribution is 9.10. The Morgan fingerprint density at radius 1 is 1.33 bits per heavy atom. The van der Waals surface area contributed by atoms with Crippen molar-refractivity contribution in [1.82, 2.24) is 10.3 Å². The summed E-state index contributed by atoms with van der Waals surface area (Å²) in [5.41, 5.74) is 2.43. The molecular weight excluding hydrogens is 352 g/mol. The first-order valence-corrected chi connectivity index (χ1v) is 7.94. The standard InChI is InChI=1S/C16H16BrClN2O/c1-2-4-14-8-12(9-15(18)20-14)16(21)19-10-11-5-3-6-13(17)7-11/h3,5-9H,2,4,10H2,1H3,(H,19,21). The highest BCUT2D eigenvalue weighted by Gasteiger charge is 2.09. The topological polar surface area (TPSA) is 42.0 Å². The molecule has 1 aromatic carbocycles. The Labute approximate surface area is 137 Å². The second-order valence-electron chi connectivity index (χ2n) is 4.73. The molecule has 1 N–H and O–H groups in total. The van der Waals surface area contributed by atoms with Crippen molar-refractivity contribution >= 4 is 33.4 Å². The number of hydrogen-bond acceptors (Lipinski definition) is 2. The zero-order chi connectivity index (χ0) is 15.2. The molecule has 5 heteroatoms. The van der Waals surface area contributed by atoms with Crippen LogP contribution in [0.4, 0.5) is 0 Å². The van der Waals surface area contributed by atoms with Crippen LogP contribution in [0.1, 0.15) is 35.0 Å². The van der Waals surface area contributed by atoms with Gasteiger partial charge in [0.15, 0.2) is 0 Å². The van der Waals surface area contributed by atoms with Gasteiger partial charge in [-0.1, -0.05) is 53.0 Å². The number of nitrogens with one attached hydrogen (secondary N) is 1. The number of nitrogens with zero attached hydrogens (tertiary/aromatic N) is 1. The fraction of sp³-hybridized carbons (Fsp3) is 0.250. The Morgan fingerprint density at radius 3 is 2.86 bits per heavy atom. The van der Waals surface area contributed by atoms with E-state index in [1.807, 2.05) is 24.3 Å². The van der Waals surface area contributed by atoms with Crippen molar-refractivity contribution in [3.05, 3.63) is 62.8 Å². The fourth-order valence-corrected chi connectivity index (χ4v) is 2.67. The van der Waals surface area contributed by atoms with E-state index < -0.39 is 0 Å². The van der Waals surface area contributed by atoms with Gasteiger partial charge in [-0.2, -0.15) is 0 Å². The van der Waals surface area contributed by atoms with Crippen molar-refractivity contribution in [2.24, 2.45) is 0 Å². The van der Waals surface area contributed by atoms with E-state index in [4.69, 9.17) is 11.6 Å². The summed E-state index contributed by atoms with van der Waals surface area (Å²) in [4.78, 5) is 16.4. The molecule has 1 amide bonds. The molecule has 0 aliphatic carbocycles. The summed E-state index contributed by atoms with van der Waals surface area (Å²) in [7, 11) is 0. The van der Waals surface area contributed by atoms with E-state index in [1.165, 1.54) is 0 Å². The van der Waals surface area contributed by atoms with Gasteiger partial charge in [-0.25, -0.2) is 4.98 Å². The number of aryl methyl sites for hydroxylation is 1. The molecule has 2 aromatic rings. The summed E-state index contributed by atoms with van der Waals surface area (Å²) < 4.78 is 0.992. The number of carbonyl (C=O) groups excluding carboxylic acids is 1. The number of rotatable bonds is 5. The van der Waals surface area contributed by atoms with Crippen molar-refractivity contribution in [2.45, 2.75) is 26.3 Å². The molecule has 21 heavy (non-hydrogen) atoms. The van der Waals surface area contributed by atoms with E-state index in [1.54, 1.807) is 12.1 Å². The largest absolute Gasteiger partial charge is 0.348 e. The van der Waals surface area contributed by atoms with Crippen molar-refractivity contribution in [3.63, 3.8) is 0 Å². The molecule has 1 aromatic heterocycles. The molecule has 0 aliphatic rings. The predicted molar refractivity (Wildman–Crippen MR) is 88.6 cm³/mol. The van der Waals surface area contributed by atoms with Gasteiger partial charge in [-0.3, -0.25) is 4.79 Å². The zero-order valence-electron chi connectivity index (χ0n) is 11.7. The van der Waals surface area contributed by atoms with E-state index in [-0.39, 0.29) is 5.91 Å². The van der Waals surface area contributed by atoms with E-state index in [0.29, 0.717) is 17.3 Å². The normalized spacial score (nSPS) is 10.4. The third-order valence-corrected chi connectivity index (χ3v) is 3.64. The average Bonchev–Trinajstić information content (AvgIpc) is 2.44. The van der Waals surface area contributed by atoms with E-state index >= 15 is 0 Å². The summed E-state index contributed by atoms with van der Waals surface area (Å²) in [5, 5.41) is 3.25. The lowest BCUT2D eigenvalue weighted by atomic mass is 10.1. The Kier molecular flexibility index (Phi) is 5.76. The summed E-state index contributed by atoms with van der Waals surface area (Å²) in [6.07, 6.45) is 1.78. The summed E-state index contributed by atoms with van der Waals surface area (Å²) in [6, 6.07) is 11.2. The van der Waals surface area contributed by atoms with Crippen molar-refractivity contribution < 1.29 is 4.79 Å². The molecule has 0 saturated carbocycles. The lowest BCUT2D eigenvalue weighted by Crippen LogP contribution is -2.23. The van der Waals surface area contributed by atoms with Gasteiger partial charge >= 0.3 is 0 Å². The summed E-state index contributed by atoms with van der Waals surface area (Å²) in [6.45, 7) is 2.54. The minimum Gasteiger partial charge on any atom is -0.348 e. The second kappa shape index (κ2) is 7.57. The molecule has 0 atom stereocenters. The molecule has 0 saturated heterocycles. The molecule has 0 aliphatic heterocycles. The first kappa shape index (κ1) is 16.0. The molecule has 3 nitrogen and oxygen atoms in total. The second-order valence-corrected chi connectivity index (χ2v) is 6.04. The van der Waals surface area contributed by atoms with Crippen molar-refractivity contribution in [1.29, 1.82) is 0 Å². The van der Waals surface area contributed by atoms with Gasteiger partial charge < -0.3 is 5.32 Å². The van der Waals surface area contributed by atoms with Gasteiger partial charge in [0, 0.05) is 22.3 Å². The van der Waals surface area contributed by atoms with E-state index in [0.717, 1.165) is 28.6 Å². The van der Waals surface area contributed by atoms with Crippen LogP contribution >= 0.6 is 27.5 Å². The number of hydrogen-bond donors (Lipinski definition) is 1. The number of amides is 1. The molecule has 0 fully saturated rings. The molecule has 0 radical (unpaired) electrons. The molecular formula is C16H16BrClN2O. The SMILES string of the molecule is CCCc1cc(C(=O)NCc2cccc(Br)c2)cc(Cl)n1. The summed E-state index contributed by atoms with van der Waals surface area (Å²) in [5.74, 6) is -0.142. The van der Waals surface area contributed by atoms with Crippen LogP contribution in [0.5, 0.6) is 0 Å². The van der Waals surface area contributed by atoms with Crippen LogP contribution in [0.2, 0.25) is 5.15 Å². The van der Waals surface area contributed by atoms with Crippen LogP contribution in [0.25, 0.3) is 0 Å². The lowest BCUT2D eigenvalue weighted by Gasteiger charge is -2.08. The van der Waals surface area contributed by atoms with Crippen molar-refractivity contribution in [2.75, 3.05) is 0 Å². The first-order chi connectivity index (χ1) is 10.1. The minimum absolute atomic E-state index is 0.142. The molecule has 2 rings (SSSR count). The monoisotopic (exact) mass is 366 g/mol. The molecule has 0 unspecified atom stereocenters. The number of benzene rings is 1. The number of pyridine rings is 1. The maximum atomic E-state index is 12.2. The average molecular weight is 368 g/mol. The predicted octanol–water partition coefficient (Wildman–Crippen LogP) is 4.38. The van der Waals surface area contributed by atoms with E-state index in [9.17, 15) is 4.79 Å². The zero-order valence-corrected chi connectivity index (χ0v) is 14.0. The van der Waals surface area contributed by atoms with Crippen LogP contribution < -0.4 is 5.32 Å². The quantitative estimate of drug-likeness (QED) is 0.797. The lowest BCUT2D eigenvalue weighted by molar-refractivity contribution is 0.0950. The third-order valence-electron chi connectivity index (χ3n) is 2.96. The minimum atomic E-state index is -0.142. The first-order valence-electron chi connectivity index (χ1n) is 6.77. The Hall–Kier alpha value is -1.39. The Morgan fingerprint density at radius 2 is 2.14 bits per heavy atom. The number of aromatic nitrogens is 1. The smallest absolute Gasteiger partial charge is 0.251 e. The Bertz CT molecular complexity index is 646. The van der Waals surface area contributed by atoms with Gasteiger partial charge in [-0.05, 0) is 36.2 Å². The fourth-order valence-electron chi connectivity index (χ4n) is 2.00. The van der Waals surface area contributed by atoms with Gasteiger partial charge in [-0.15, -0.1) is 0 Å². The van der Waals surface area contributed by atoms with Crippen LogP contribution in [-0.2, 0) is 13.0 Å². The highest BCUT2D eigenvalue weighted by atomic mass is 79.9. The van der Waals surface area contributed by atoms with Crippen molar-refractivity contribution in [3.8, 4) is 0 Å². The molecule has 110 valence electrons. The van der Waals surface area contributed by atoms with Crippen LogP contribution in [0, 0.1) is 0 Å².